The number of benzene rings is 3. The highest BCUT2D eigenvalue weighted by molar-refractivity contribution is 6.05. The molecule has 1 aromatic heterocycles. The number of aryl methyl sites for hydroxylation is 1. The molecular weight excluding hydrogens is 398 g/mol. The lowest BCUT2D eigenvalue weighted by Gasteiger charge is -2.12. The van der Waals surface area contributed by atoms with Gasteiger partial charge in [-0.2, -0.15) is 0 Å². The molecule has 1 N–H and O–H groups in total. The zero-order valence-electron chi connectivity index (χ0n) is 18.6. The van der Waals surface area contributed by atoms with Crippen molar-refractivity contribution >= 4 is 28.1 Å². The number of allylic oxidation sites excluding steroid dienone is 1. The molecule has 162 valence electrons. The molecule has 4 rings (SSSR count). The maximum absolute atomic E-state index is 12.7. The van der Waals surface area contributed by atoms with Gasteiger partial charge in [0.25, 0.3) is 0 Å². The van der Waals surface area contributed by atoms with E-state index in [0.29, 0.717) is 12.4 Å². The summed E-state index contributed by atoms with van der Waals surface area (Å²) in [6.45, 7) is 6.49. The molecule has 0 aliphatic carbocycles. The maximum atomic E-state index is 12.7. The van der Waals surface area contributed by atoms with E-state index in [-0.39, 0.29) is 5.91 Å². The Morgan fingerprint density at radius 3 is 2.47 bits per heavy atom. The van der Waals surface area contributed by atoms with E-state index in [9.17, 15) is 4.79 Å². The van der Waals surface area contributed by atoms with Crippen LogP contribution in [0.3, 0.4) is 0 Å². The average molecular weight is 426 g/mol. The number of fused-ring (bicyclic) bond motifs is 1. The van der Waals surface area contributed by atoms with Crippen LogP contribution in [0.15, 0.2) is 83.5 Å². The summed E-state index contributed by atoms with van der Waals surface area (Å²) in [5, 5.41) is 3.92. The van der Waals surface area contributed by atoms with Gasteiger partial charge in [0.1, 0.15) is 11.3 Å². The lowest BCUT2D eigenvalue weighted by Crippen LogP contribution is -2.08. The minimum absolute atomic E-state index is 0.176. The second kappa shape index (κ2) is 9.56. The molecule has 1 heterocycles. The van der Waals surface area contributed by atoms with Crippen molar-refractivity contribution in [1.29, 1.82) is 0 Å². The molecule has 0 spiro atoms. The van der Waals surface area contributed by atoms with Gasteiger partial charge in [0, 0.05) is 34.3 Å². The van der Waals surface area contributed by atoms with E-state index >= 15 is 0 Å². The van der Waals surface area contributed by atoms with Gasteiger partial charge in [0.2, 0.25) is 5.91 Å². The quantitative estimate of drug-likeness (QED) is 0.321. The Bertz CT molecular complexity index is 1250. The molecular formula is C28H27NO3. The fourth-order valence-electron chi connectivity index (χ4n) is 3.76. The minimum atomic E-state index is -0.176. The smallest absolute Gasteiger partial charge is 0.248 e. The fraction of sp³-hybridized carbons (Fsp3) is 0.179. The van der Waals surface area contributed by atoms with Gasteiger partial charge in [-0.1, -0.05) is 49.4 Å². The molecule has 0 aliphatic rings. The zero-order chi connectivity index (χ0) is 22.5. The summed E-state index contributed by atoms with van der Waals surface area (Å²) in [6, 6.07) is 22.0. The maximum Gasteiger partial charge on any atom is 0.248 e. The first-order valence-electron chi connectivity index (χ1n) is 10.9. The van der Waals surface area contributed by atoms with Crippen LogP contribution in [0.2, 0.25) is 0 Å². The van der Waals surface area contributed by atoms with E-state index in [0.717, 1.165) is 45.3 Å². The van der Waals surface area contributed by atoms with Gasteiger partial charge in [-0.15, -0.1) is 0 Å². The predicted octanol–water partition coefficient (Wildman–Crippen LogP) is 7.10. The van der Waals surface area contributed by atoms with Crippen molar-refractivity contribution in [3.05, 3.63) is 90.2 Å². The van der Waals surface area contributed by atoms with E-state index in [1.165, 1.54) is 5.56 Å². The number of ether oxygens (including phenoxy) is 1. The highest BCUT2D eigenvalue weighted by Crippen LogP contribution is 2.37. The molecule has 0 bridgehead atoms. The van der Waals surface area contributed by atoms with Gasteiger partial charge in [0.05, 0.1) is 12.9 Å². The highest BCUT2D eigenvalue weighted by atomic mass is 16.5. The van der Waals surface area contributed by atoms with Gasteiger partial charge < -0.3 is 14.5 Å². The van der Waals surface area contributed by atoms with Crippen LogP contribution in [-0.2, 0) is 11.2 Å². The molecule has 4 aromatic rings. The third kappa shape index (κ3) is 4.59. The zero-order valence-corrected chi connectivity index (χ0v) is 18.6. The van der Waals surface area contributed by atoms with Crippen LogP contribution in [0.5, 0.6) is 5.75 Å². The molecule has 4 nitrogen and oxygen atoms in total. The topological polar surface area (TPSA) is 51.5 Å². The van der Waals surface area contributed by atoms with Gasteiger partial charge in [0.15, 0.2) is 0 Å². The van der Waals surface area contributed by atoms with Crippen LogP contribution in [-0.4, -0.2) is 12.5 Å². The number of furan rings is 1. The number of hydrogen-bond donors (Lipinski definition) is 1. The van der Waals surface area contributed by atoms with E-state index in [2.05, 4.69) is 24.4 Å². The van der Waals surface area contributed by atoms with Crippen LogP contribution >= 0.6 is 0 Å². The van der Waals surface area contributed by atoms with Gasteiger partial charge in [-0.25, -0.2) is 0 Å². The van der Waals surface area contributed by atoms with Crippen LogP contribution in [0.25, 0.3) is 27.7 Å². The monoisotopic (exact) mass is 425 g/mol. The Balaban J connectivity index is 1.68. The first-order valence-corrected chi connectivity index (χ1v) is 10.9. The summed E-state index contributed by atoms with van der Waals surface area (Å²) in [5.74, 6) is 0.521. The summed E-state index contributed by atoms with van der Waals surface area (Å²) in [4.78, 5) is 12.7. The highest BCUT2D eigenvalue weighted by Gasteiger charge is 2.15. The number of hydrogen-bond acceptors (Lipinski definition) is 3. The molecule has 0 unspecified atom stereocenters. The Labute approximate surface area is 188 Å². The lowest BCUT2D eigenvalue weighted by atomic mass is 9.99. The number of rotatable bonds is 7. The lowest BCUT2D eigenvalue weighted by molar-refractivity contribution is -0.111. The SMILES string of the molecule is CCOc1cc2occ(-c3ccccc3)c2cc1/C(C)=C/C(=O)Nc1ccc(CC)cc1. The molecule has 0 radical (unpaired) electrons. The van der Waals surface area contributed by atoms with E-state index in [1.54, 1.807) is 12.3 Å². The summed E-state index contributed by atoms with van der Waals surface area (Å²) in [6.07, 6.45) is 4.35. The van der Waals surface area contributed by atoms with Crippen molar-refractivity contribution in [1.82, 2.24) is 0 Å². The molecule has 0 saturated heterocycles. The molecule has 0 aliphatic heterocycles. The summed E-state index contributed by atoms with van der Waals surface area (Å²) in [5.41, 5.74) is 6.54. The van der Waals surface area contributed by atoms with Crippen molar-refractivity contribution in [3.63, 3.8) is 0 Å². The third-order valence-corrected chi connectivity index (χ3v) is 5.46. The van der Waals surface area contributed by atoms with E-state index < -0.39 is 0 Å². The number of amides is 1. The van der Waals surface area contributed by atoms with Crippen molar-refractivity contribution in [2.24, 2.45) is 0 Å². The fourth-order valence-corrected chi connectivity index (χ4v) is 3.76. The first kappa shape index (κ1) is 21.4. The van der Waals surface area contributed by atoms with Crippen LogP contribution in [0, 0.1) is 0 Å². The van der Waals surface area contributed by atoms with Crippen molar-refractivity contribution in [2.45, 2.75) is 27.2 Å². The third-order valence-electron chi connectivity index (χ3n) is 5.46. The average Bonchev–Trinajstić information content (AvgIpc) is 3.22. The van der Waals surface area contributed by atoms with Crippen molar-refractivity contribution in [3.8, 4) is 16.9 Å². The second-order valence-electron chi connectivity index (χ2n) is 7.66. The molecule has 0 fully saturated rings. The Hall–Kier alpha value is -3.79. The number of anilines is 1. The van der Waals surface area contributed by atoms with Gasteiger partial charge in [-0.05, 0) is 55.2 Å². The van der Waals surface area contributed by atoms with Crippen molar-refractivity contribution in [2.75, 3.05) is 11.9 Å². The largest absolute Gasteiger partial charge is 0.493 e. The number of carbonyl (C=O) groups excluding carboxylic acids is 1. The van der Waals surface area contributed by atoms with E-state index in [4.69, 9.17) is 9.15 Å². The standard InChI is InChI=1S/C28H27NO3/c1-4-20-11-13-22(14-12-20)29-28(30)15-19(3)23-16-24-25(21-9-7-6-8-10-21)18-32-27(24)17-26(23)31-5-2/h6-18H,4-5H2,1-3H3,(H,29,30)/b19-15+. The van der Waals surface area contributed by atoms with Gasteiger partial charge >= 0.3 is 0 Å². The van der Waals surface area contributed by atoms with Crippen LogP contribution < -0.4 is 10.1 Å². The summed E-state index contributed by atoms with van der Waals surface area (Å²) < 4.78 is 11.7. The molecule has 1 amide bonds. The minimum Gasteiger partial charge on any atom is -0.493 e. The normalized spacial score (nSPS) is 11.5. The summed E-state index contributed by atoms with van der Waals surface area (Å²) in [7, 11) is 0. The second-order valence-corrected chi connectivity index (χ2v) is 7.66. The Kier molecular flexibility index (Phi) is 6.41. The Morgan fingerprint density at radius 1 is 1.03 bits per heavy atom. The predicted molar refractivity (Wildman–Crippen MR) is 131 cm³/mol. The van der Waals surface area contributed by atoms with Crippen LogP contribution in [0.4, 0.5) is 5.69 Å². The Morgan fingerprint density at radius 2 is 1.78 bits per heavy atom. The molecule has 0 saturated carbocycles. The number of carbonyl (C=O) groups is 1. The van der Waals surface area contributed by atoms with E-state index in [1.807, 2.05) is 68.4 Å². The number of nitrogens with one attached hydrogen (secondary N) is 1. The van der Waals surface area contributed by atoms with Gasteiger partial charge in [-0.3, -0.25) is 4.79 Å². The first-order chi connectivity index (χ1) is 15.6. The molecule has 4 heteroatoms. The summed E-state index contributed by atoms with van der Waals surface area (Å²) >= 11 is 0. The molecule has 0 atom stereocenters. The molecule has 3 aromatic carbocycles. The van der Waals surface area contributed by atoms with Crippen LogP contribution in [0.1, 0.15) is 31.9 Å². The molecule has 32 heavy (non-hydrogen) atoms. The van der Waals surface area contributed by atoms with Crippen molar-refractivity contribution < 1.29 is 13.9 Å².